The van der Waals surface area contributed by atoms with Crippen molar-refractivity contribution in [1.29, 1.82) is 0 Å². The highest BCUT2D eigenvalue weighted by Gasteiger charge is 2.33. The molecule has 1 aromatic carbocycles. The molecule has 0 unspecified atom stereocenters. The molecule has 2 saturated heterocycles. The van der Waals surface area contributed by atoms with E-state index < -0.39 is 18.5 Å². The number of ether oxygens (including phenoxy) is 1. The predicted octanol–water partition coefficient (Wildman–Crippen LogP) is 1.16. The molecule has 2 fully saturated rings. The van der Waals surface area contributed by atoms with Crippen molar-refractivity contribution in [1.82, 2.24) is 4.90 Å². The molecule has 28 heavy (non-hydrogen) atoms. The average Bonchev–Trinajstić information content (AvgIpc) is 3.06. The quantitative estimate of drug-likeness (QED) is 0.780. The van der Waals surface area contributed by atoms with Crippen molar-refractivity contribution in [2.75, 3.05) is 49.1 Å². The van der Waals surface area contributed by atoms with Gasteiger partial charge in [-0.1, -0.05) is 0 Å². The number of halogens is 1. The molecule has 2 heterocycles. The maximum absolute atomic E-state index is 14.7. The number of aliphatic hydroxyl groups is 1. The van der Waals surface area contributed by atoms with Gasteiger partial charge in [-0.15, -0.1) is 0 Å². The molecule has 2 amide bonds. The zero-order chi connectivity index (χ0) is 20.3. The van der Waals surface area contributed by atoms with Crippen molar-refractivity contribution in [2.24, 2.45) is 0 Å². The SMILES string of the molecule is CC(=O)CC[C@H]1CN(c2ccc(N3CCN(C(=O)CO)CC3)c(F)c2)C(=O)O1. The standard InChI is InChI=1S/C19H24FN3O5/c1-13(25)2-4-15-11-23(19(27)28-15)14-3-5-17(16(20)10-14)21-6-8-22(9-7-21)18(26)12-24/h3,5,10,15,24H,2,4,6-9,11-12H2,1H3/t15-/m0/s1. The highest BCUT2D eigenvalue weighted by Crippen LogP contribution is 2.29. The van der Waals surface area contributed by atoms with E-state index in [1.165, 1.54) is 17.9 Å². The van der Waals surface area contributed by atoms with Crippen molar-refractivity contribution in [3.05, 3.63) is 24.0 Å². The molecule has 0 bridgehead atoms. The second-order valence-electron chi connectivity index (χ2n) is 7.02. The summed E-state index contributed by atoms with van der Waals surface area (Å²) in [5.41, 5.74) is 0.811. The first-order valence-electron chi connectivity index (χ1n) is 9.29. The molecule has 1 N–H and O–H groups in total. The van der Waals surface area contributed by atoms with Crippen molar-refractivity contribution in [2.45, 2.75) is 25.9 Å². The summed E-state index contributed by atoms with van der Waals surface area (Å²) in [6.07, 6.45) is -0.133. The first-order chi connectivity index (χ1) is 13.4. The molecular weight excluding hydrogens is 369 g/mol. The number of carbonyl (C=O) groups is 3. The van der Waals surface area contributed by atoms with Crippen molar-refractivity contribution in [3.63, 3.8) is 0 Å². The van der Waals surface area contributed by atoms with Crippen LogP contribution in [0.25, 0.3) is 0 Å². The Labute approximate surface area is 162 Å². The van der Waals surface area contributed by atoms with E-state index in [0.717, 1.165) is 0 Å². The first-order valence-corrected chi connectivity index (χ1v) is 9.29. The normalized spacial score (nSPS) is 19.8. The fraction of sp³-hybridized carbons (Fsp3) is 0.526. The van der Waals surface area contributed by atoms with Crippen LogP contribution in [0, 0.1) is 5.82 Å². The summed E-state index contributed by atoms with van der Waals surface area (Å²) in [6.45, 7) is 2.99. The monoisotopic (exact) mass is 393 g/mol. The molecule has 3 rings (SSSR count). The van der Waals surface area contributed by atoms with Crippen LogP contribution < -0.4 is 9.80 Å². The van der Waals surface area contributed by atoms with E-state index in [4.69, 9.17) is 9.84 Å². The van der Waals surface area contributed by atoms with Gasteiger partial charge in [0.05, 0.1) is 17.9 Å². The number of anilines is 2. The van der Waals surface area contributed by atoms with E-state index in [-0.39, 0.29) is 24.3 Å². The molecule has 2 aliphatic rings. The van der Waals surface area contributed by atoms with Gasteiger partial charge in [0.15, 0.2) is 0 Å². The maximum Gasteiger partial charge on any atom is 0.414 e. The molecule has 1 aromatic rings. The molecule has 1 atom stereocenters. The van der Waals surface area contributed by atoms with Crippen LogP contribution in [0.4, 0.5) is 20.6 Å². The summed E-state index contributed by atoms with van der Waals surface area (Å²) in [5, 5.41) is 8.93. The number of piperazine rings is 1. The molecule has 152 valence electrons. The number of aliphatic hydroxyl groups excluding tert-OH is 1. The summed E-state index contributed by atoms with van der Waals surface area (Å²) in [7, 11) is 0. The highest BCUT2D eigenvalue weighted by atomic mass is 19.1. The van der Waals surface area contributed by atoms with Crippen LogP contribution in [0.1, 0.15) is 19.8 Å². The number of rotatable bonds is 6. The van der Waals surface area contributed by atoms with Gasteiger partial charge < -0.3 is 24.4 Å². The van der Waals surface area contributed by atoms with Crippen LogP contribution in [-0.2, 0) is 14.3 Å². The van der Waals surface area contributed by atoms with E-state index in [9.17, 15) is 18.8 Å². The van der Waals surface area contributed by atoms with Gasteiger partial charge in [-0.25, -0.2) is 9.18 Å². The van der Waals surface area contributed by atoms with Gasteiger partial charge >= 0.3 is 6.09 Å². The summed E-state index contributed by atoms with van der Waals surface area (Å²) in [6, 6.07) is 4.58. The topological polar surface area (TPSA) is 90.4 Å². The molecule has 0 saturated carbocycles. The molecule has 9 heteroatoms. The van der Waals surface area contributed by atoms with Crippen LogP contribution in [0.3, 0.4) is 0 Å². The van der Waals surface area contributed by atoms with Crippen LogP contribution in [0.2, 0.25) is 0 Å². The van der Waals surface area contributed by atoms with E-state index in [1.807, 2.05) is 4.90 Å². The van der Waals surface area contributed by atoms with Crippen molar-refractivity contribution < 1.29 is 28.6 Å². The van der Waals surface area contributed by atoms with Gasteiger partial charge in [-0.05, 0) is 31.5 Å². The Balaban J connectivity index is 1.64. The highest BCUT2D eigenvalue weighted by molar-refractivity contribution is 5.90. The maximum atomic E-state index is 14.7. The lowest BCUT2D eigenvalue weighted by atomic mass is 10.1. The number of carbonyl (C=O) groups excluding carboxylic acids is 3. The second kappa shape index (κ2) is 8.55. The summed E-state index contributed by atoms with van der Waals surface area (Å²) < 4.78 is 20.0. The number of ketones is 1. The number of hydrogen-bond donors (Lipinski definition) is 1. The summed E-state index contributed by atoms with van der Waals surface area (Å²) in [5.74, 6) is -0.757. The minimum absolute atomic E-state index is 0.0330. The number of amides is 2. The van der Waals surface area contributed by atoms with Crippen LogP contribution in [0.5, 0.6) is 0 Å². The van der Waals surface area contributed by atoms with Crippen LogP contribution >= 0.6 is 0 Å². The molecule has 0 spiro atoms. The fourth-order valence-corrected chi connectivity index (χ4v) is 3.46. The Morgan fingerprint density at radius 3 is 2.57 bits per heavy atom. The Hall–Kier alpha value is -2.68. The molecule has 0 aliphatic carbocycles. The third-order valence-electron chi connectivity index (χ3n) is 5.04. The van der Waals surface area contributed by atoms with Crippen LogP contribution in [-0.4, -0.2) is 73.2 Å². The van der Waals surface area contributed by atoms with Gasteiger partial charge in [0.2, 0.25) is 5.91 Å². The summed E-state index contributed by atoms with van der Waals surface area (Å²) in [4.78, 5) is 39.5. The third-order valence-corrected chi connectivity index (χ3v) is 5.04. The second-order valence-corrected chi connectivity index (χ2v) is 7.02. The molecule has 2 aliphatic heterocycles. The molecule has 0 aromatic heterocycles. The minimum atomic E-state index is -0.545. The smallest absolute Gasteiger partial charge is 0.414 e. The van der Waals surface area contributed by atoms with Gasteiger partial charge in [-0.2, -0.15) is 0 Å². The number of benzene rings is 1. The van der Waals surface area contributed by atoms with Crippen molar-refractivity contribution in [3.8, 4) is 0 Å². The van der Waals surface area contributed by atoms with Gasteiger partial charge in [0, 0.05) is 32.6 Å². The Morgan fingerprint density at radius 2 is 1.96 bits per heavy atom. The van der Waals surface area contributed by atoms with E-state index in [1.54, 1.807) is 17.0 Å². The number of hydrogen-bond acceptors (Lipinski definition) is 6. The first kappa shape index (κ1) is 20.1. The van der Waals surface area contributed by atoms with E-state index >= 15 is 0 Å². The fourth-order valence-electron chi connectivity index (χ4n) is 3.46. The molecule has 0 radical (unpaired) electrons. The third kappa shape index (κ3) is 4.41. The van der Waals surface area contributed by atoms with Crippen molar-refractivity contribution >= 4 is 29.2 Å². The largest absolute Gasteiger partial charge is 0.444 e. The van der Waals surface area contributed by atoms with Gasteiger partial charge in [0.25, 0.3) is 0 Å². The zero-order valence-corrected chi connectivity index (χ0v) is 15.8. The van der Waals surface area contributed by atoms with Crippen LogP contribution in [0.15, 0.2) is 18.2 Å². The van der Waals surface area contributed by atoms with E-state index in [2.05, 4.69) is 0 Å². The Bertz CT molecular complexity index is 764. The lowest BCUT2D eigenvalue weighted by molar-refractivity contribution is -0.134. The Kier molecular flexibility index (Phi) is 6.13. The predicted molar refractivity (Wildman–Crippen MR) is 99.8 cm³/mol. The number of cyclic esters (lactones) is 1. The number of Topliss-reactive ketones (excluding diaryl/α,β-unsaturated/α-hetero) is 1. The lowest BCUT2D eigenvalue weighted by Gasteiger charge is -2.36. The zero-order valence-electron chi connectivity index (χ0n) is 15.8. The minimum Gasteiger partial charge on any atom is -0.444 e. The summed E-state index contributed by atoms with van der Waals surface area (Å²) >= 11 is 0. The molecule has 8 nitrogen and oxygen atoms in total. The average molecular weight is 393 g/mol. The van der Waals surface area contributed by atoms with Gasteiger partial charge in [0.1, 0.15) is 24.3 Å². The lowest BCUT2D eigenvalue weighted by Crippen LogP contribution is -2.49. The number of nitrogens with zero attached hydrogens (tertiary/aromatic N) is 3. The Morgan fingerprint density at radius 1 is 1.25 bits per heavy atom. The van der Waals surface area contributed by atoms with E-state index in [0.29, 0.717) is 50.4 Å². The van der Waals surface area contributed by atoms with Gasteiger partial charge in [-0.3, -0.25) is 9.69 Å². The molecular formula is C19H24FN3O5.